The lowest BCUT2D eigenvalue weighted by atomic mass is 9.46. The van der Waals surface area contributed by atoms with Crippen molar-refractivity contribution in [3.63, 3.8) is 0 Å². The number of nitrogens with one attached hydrogen (secondary N) is 1. The number of aromatic nitrogens is 5. The SMILES string of the molecule is Cc1cc(NC(=O)C23CC4CC(C2)CC(n2cnc(Br)n2)(C4)C3)nn1Cc1cccc(C(F)(F)F)c1. The number of halogens is 4. The van der Waals surface area contributed by atoms with Crippen LogP contribution >= 0.6 is 15.9 Å². The van der Waals surface area contributed by atoms with Crippen LogP contribution < -0.4 is 5.32 Å². The minimum absolute atomic E-state index is 0.0242. The van der Waals surface area contributed by atoms with E-state index in [4.69, 9.17) is 0 Å². The van der Waals surface area contributed by atoms with Crippen LogP contribution in [0.2, 0.25) is 0 Å². The molecule has 2 unspecified atom stereocenters. The third kappa shape index (κ3) is 4.05. The molecule has 4 saturated carbocycles. The Kier molecular flexibility index (Phi) is 5.37. The van der Waals surface area contributed by atoms with Crippen LogP contribution in [0.1, 0.15) is 55.3 Å². The van der Waals surface area contributed by atoms with E-state index in [1.54, 1.807) is 23.1 Å². The Morgan fingerprint density at radius 1 is 1.17 bits per heavy atom. The van der Waals surface area contributed by atoms with E-state index in [0.29, 0.717) is 28.0 Å². The van der Waals surface area contributed by atoms with Gasteiger partial charge in [-0.3, -0.25) is 9.48 Å². The van der Waals surface area contributed by atoms with Crippen molar-refractivity contribution in [2.75, 3.05) is 5.32 Å². The summed E-state index contributed by atoms with van der Waals surface area (Å²) in [6.45, 7) is 2.02. The number of benzene rings is 1. The van der Waals surface area contributed by atoms with Crippen molar-refractivity contribution in [1.82, 2.24) is 24.5 Å². The summed E-state index contributed by atoms with van der Waals surface area (Å²) in [7, 11) is 0. The molecule has 2 aromatic heterocycles. The maximum atomic E-state index is 13.7. The molecule has 4 bridgehead atoms. The highest BCUT2D eigenvalue weighted by Gasteiger charge is 2.61. The van der Waals surface area contributed by atoms with Crippen LogP contribution in [0, 0.1) is 24.2 Å². The van der Waals surface area contributed by atoms with E-state index in [-0.39, 0.29) is 18.0 Å². The number of hydrogen-bond donors (Lipinski definition) is 1. The van der Waals surface area contributed by atoms with Gasteiger partial charge >= 0.3 is 6.18 Å². The Morgan fingerprint density at radius 2 is 1.92 bits per heavy atom. The summed E-state index contributed by atoms with van der Waals surface area (Å²) in [6.07, 6.45) is 2.98. The zero-order valence-corrected chi connectivity index (χ0v) is 21.3. The van der Waals surface area contributed by atoms with Gasteiger partial charge in [-0.2, -0.15) is 18.3 Å². The first-order valence-electron chi connectivity index (χ1n) is 12.1. The monoisotopic (exact) mass is 562 g/mol. The van der Waals surface area contributed by atoms with Crippen LogP contribution in [-0.2, 0) is 23.1 Å². The lowest BCUT2D eigenvalue weighted by Gasteiger charge is -2.60. The molecule has 0 radical (unpaired) electrons. The molecule has 1 amide bonds. The third-order valence-corrected chi connectivity index (χ3v) is 8.63. The van der Waals surface area contributed by atoms with Gasteiger partial charge in [0, 0.05) is 11.8 Å². The normalized spacial score (nSPS) is 29.0. The van der Waals surface area contributed by atoms with Crippen LogP contribution in [0.15, 0.2) is 41.4 Å². The average Bonchev–Trinajstić information content (AvgIpc) is 3.38. The minimum Gasteiger partial charge on any atom is -0.309 e. The average molecular weight is 563 g/mol. The summed E-state index contributed by atoms with van der Waals surface area (Å²) in [5.74, 6) is 1.35. The number of amides is 1. The predicted molar refractivity (Wildman–Crippen MR) is 129 cm³/mol. The molecule has 0 spiro atoms. The highest BCUT2D eigenvalue weighted by molar-refractivity contribution is 9.10. The molecule has 0 aliphatic heterocycles. The van der Waals surface area contributed by atoms with Crippen molar-refractivity contribution >= 4 is 27.7 Å². The molecule has 3 aromatic rings. The van der Waals surface area contributed by atoms with E-state index in [1.807, 2.05) is 11.6 Å². The molecule has 36 heavy (non-hydrogen) atoms. The van der Waals surface area contributed by atoms with Gasteiger partial charge in [-0.15, -0.1) is 5.10 Å². The highest BCUT2D eigenvalue weighted by atomic mass is 79.9. The predicted octanol–water partition coefficient (Wildman–Crippen LogP) is 5.55. The van der Waals surface area contributed by atoms with Crippen LogP contribution in [0.4, 0.5) is 19.0 Å². The van der Waals surface area contributed by atoms with Gasteiger partial charge in [0.05, 0.1) is 23.1 Å². The quantitative estimate of drug-likeness (QED) is 0.442. The molecule has 7 nitrogen and oxygen atoms in total. The zero-order chi connectivity index (χ0) is 25.3. The summed E-state index contributed by atoms with van der Waals surface area (Å²) >= 11 is 3.36. The largest absolute Gasteiger partial charge is 0.416 e. The lowest BCUT2D eigenvalue weighted by Crippen LogP contribution is -2.60. The van der Waals surface area contributed by atoms with Crippen molar-refractivity contribution in [3.05, 3.63) is 58.2 Å². The maximum Gasteiger partial charge on any atom is 0.416 e. The fraction of sp³-hybridized carbons (Fsp3) is 0.520. The first-order chi connectivity index (χ1) is 17.0. The molecule has 4 aliphatic carbocycles. The van der Waals surface area contributed by atoms with Gasteiger partial charge in [0.15, 0.2) is 5.82 Å². The highest BCUT2D eigenvalue weighted by Crippen LogP contribution is 2.64. The van der Waals surface area contributed by atoms with E-state index in [0.717, 1.165) is 56.4 Å². The van der Waals surface area contributed by atoms with Gasteiger partial charge in [0.1, 0.15) is 6.33 Å². The van der Waals surface area contributed by atoms with Gasteiger partial charge in [-0.1, -0.05) is 12.1 Å². The second-order valence-corrected chi connectivity index (χ2v) is 11.6. The van der Waals surface area contributed by atoms with Gasteiger partial charge in [-0.25, -0.2) is 9.67 Å². The van der Waals surface area contributed by atoms with E-state index in [9.17, 15) is 18.0 Å². The van der Waals surface area contributed by atoms with E-state index < -0.39 is 17.2 Å². The molecular weight excluding hydrogens is 537 g/mol. The smallest absolute Gasteiger partial charge is 0.309 e. The molecule has 0 saturated heterocycles. The van der Waals surface area contributed by atoms with Crippen molar-refractivity contribution in [2.45, 2.75) is 63.7 Å². The summed E-state index contributed by atoms with van der Waals surface area (Å²) in [5.41, 5.74) is -0.109. The standard InChI is InChI=1S/C25H26BrF3N6O/c1-15-5-20(32-34(15)12-16-3-2-4-19(7-16)25(27,28)29)31-21(36)23-8-17-6-18(9-23)11-24(10-17,13-23)35-14-30-22(26)33-35/h2-5,7,14,17-18H,6,8-13H2,1H3,(H,31,32,36). The number of carbonyl (C=O) groups excluding carboxylic acids is 1. The Hall–Kier alpha value is -2.69. The Balaban J connectivity index is 1.22. The maximum absolute atomic E-state index is 13.7. The fourth-order valence-corrected chi connectivity index (χ4v) is 7.48. The second kappa shape index (κ2) is 8.16. The Bertz CT molecular complexity index is 1320. The van der Waals surface area contributed by atoms with Crippen LogP contribution in [0.25, 0.3) is 0 Å². The summed E-state index contributed by atoms with van der Waals surface area (Å²) in [5, 5.41) is 12.1. The van der Waals surface area contributed by atoms with Crippen LogP contribution in [-0.4, -0.2) is 30.5 Å². The molecule has 7 rings (SSSR count). The fourth-order valence-electron chi connectivity index (χ4n) is 7.22. The van der Waals surface area contributed by atoms with Gasteiger partial charge in [0.25, 0.3) is 0 Å². The Labute approximate surface area is 214 Å². The molecule has 1 N–H and O–H groups in total. The van der Waals surface area contributed by atoms with Gasteiger partial charge < -0.3 is 5.32 Å². The number of rotatable bonds is 5. The summed E-state index contributed by atoms with van der Waals surface area (Å²) in [6, 6.07) is 7.01. The van der Waals surface area contributed by atoms with E-state index >= 15 is 0 Å². The number of anilines is 1. The van der Waals surface area contributed by atoms with Crippen molar-refractivity contribution < 1.29 is 18.0 Å². The van der Waals surface area contributed by atoms with Gasteiger partial charge in [0.2, 0.25) is 10.6 Å². The van der Waals surface area contributed by atoms with Gasteiger partial charge in [-0.05, 0) is 90.9 Å². The number of hydrogen-bond acceptors (Lipinski definition) is 4. The number of carbonyl (C=O) groups is 1. The molecule has 190 valence electrons. The van der Waals surface area contributed by atoms with Crippen LogP contribution in [0.5, 0.6) is 0 Å². The molecule has 4 fully saturated rings. The molecule has 2 atom stereocenters. The summed E-state index contributed by atoms with van der Waals surface area (Å²) < 4.78 is 43.4. The van der Waals surface area contributed by atoms with E-state index in [2.05, 4.69) is 36.4 Å². The third-order valence-electron chi connectivity index (χ3n) is 8.27. The first kappa shape index (κ1) is 23.7. The molecular formula is C25H26BrF3N6O. The van der Waals surface area contributed by atoms with Crippen LogP contribution in [0.3, 0.4) is 0 Å². The number of alkyl halides is 3. The Morgan fingerprint density at radius 3 is 2.58 bits per heavy atom. The first-order valence-corrected chi connectivity index (χ1v) is 12.9. The zero-order valence-electron chi connectivity index (χ0n) is 19.7. The second-order valence-electron chi connectivity index (χ2n) is 10.9. The van der Waals surface area contributed by atoms with Crippen molar-refractivity contribution in [3.8, 4) is 0 Å². The molecule has 2 heterocycles. The molecule has 4 aliphatic rings. The van der Waals surface area contributed by atoms with E-state index in [1.165, 1.54) is 6.07 Å². The molecule has 1 aromatic carbocycles. The molecule has 11 heteroatoms. The minimum atomic E-state index is -4.40. The van der Waals surface area contributed by atoms with Crippen molar-refractivity contribution in [1.29, 1.82) is 0 Å². The number of aryl methyl sites for hydroxylation is 1. The number of nitrogens with zero attached hydrogens (tertiary/aromatic N) is 5. The topological polar surface area (TPSA) is 77.6 Å². The van der Waals surface area contributed by atoms with Crippen molar-refractivity contribution in [2.24, 2.45) is 17.3 Å². The lowest BCUT2D eigenvalue weighted by molar-refractivity contribution is -0.150. The summed E-state index contributed by atoms with van der Waals surface area (Å²) in [4.78, 5) is 18.0.